The monoisotopic (exact) mass is 522 g/mol. The van der Waals surface area contributed by atoms with Crippen molar-refractivity contribution >= 4 is 45.5 Å². The number of benzene rings is 1. The first-order valence-electron chi connectivity index (χ1n) is 9.48. The maximum absolute atomic E-state index is 12.3. The third kappa shape index (κ3) is 3.04. The highest BCUT2D eigenvalue weighted by atomic mass is 127. The van der Waals surface area contributed by atoms with E-state index in [1.165, 1.54) is 17.2 Å². The van der Waals surface area contributed by atoms with E-state index in [0.717, 1.165) is 9.13 Å². The van der Waals surface area contributed by atoms with Crippen molar-refractivity contribution in [1.29, 1.82) is 0 Å². The lowest BCUT2D eigenvalue weighted by Gasteiger charge is -2.23. The van der Waals surface area contributed by atoms with E-state index in [0.29, 0.717) is 30.1 Å². The molecule has 2 saturated heterocycles. The van der Waals surface area contributed by atoms with Gasteiger partial charge in [0.25, 0.3) is 5.91 Å². The average Bonchev–Trinajstić information content (AvgIpc) is 3.40. The molecule has 2 aromatic heterocycles. The Morgan fingerprint density at radius 1 is 1.33 bits per heavy atom. The number of rotatable bonds is 4. The van der Waals surface area contributed by atoms with Crippen molar-refractivity contribution in [2.75, 3.05) is 11.9 Å². The molecule has 30 heavy (non-hydrogen) atoms. The molecule has 4 heterocycles. The molecule has 2 fully saturated rings. The summed E-state index contributed by atoms with van der Waals surface area (Å²) in [6.45, 7) is 0.940. The van der Waals surface area contributed by atoms with Crippen molar-refractivity contribution in [3.63, 3.8) is 0 Å². The molecule has 0 unspecified atom stereocenters. The Balaban J connectivity index is 1.44. The number of carbonyl (C=O) groups excluding carboxylic acids is 1. The zero-order valence-corrected chi connectivity index (χ0v) is 17.9. The van der Waals surface area contributed by atoms with Gasteiger partial charge in [-0.3, -0.25) is 9.36 Å². The number of hydrogen-bond acceptors (Lipinski definition) is 8. The summed E-state index contributed by atoms with van der Waals surface area (Å²) in [7, 11) is 0. The van der Waals surface area contributed by atoms with Crippen LogP contribution in [0, 0.1) is 3.57 Å². The van der Waals surface area contributed by atoms with Gasteiger partial charge in [-0.15, -0.1) is 0 Å². The van der Waals surface area contributed by atoms with Gasteiger partial charge in [-0.2, -0.15) is 0 Å². The van der Waals surface area contributed by atoms with E-state index in [4.69, 9.17) is 4.74 Å². The average molecular weight is 522 g/mol. The number of aromatic nitrogens is 4. The summed E-state index contributed by atoms with van der Waals surface area (Å²) >= 11 is 2.26. The lowest BCUT2D eigenvalue weighted by molar-refractivity contribution is -0.152. The zero-order chi connectivity index (χ0) is 20.9. The van der Waals surface area contributed by atoms with Crippen molar-refractivity contribution in [2.45, 2.75) is 37.0 Å². The second kappa shape index (κ2) is 7.41. The van der Waals surface area contributed by atoms with Crippen LogP contribution in [0.3, 0.4) is 0 Å². The molecular weight excluding hydrogens is 503 g/mol. The van der Waals surface area contributed by atoms with Crippen LogP contribution in [0.4, 0.5) is 5.82 Å². The van der Waals surface area contributed by atoms with Gasteiger partial charge < -0.3 is 25.6 Å². The topological polar surface area (TPSA) is 134 Å². The molecule has 4 N–H and O–H groups in total. The smallest absolute Gasteiger partial charge is 0.255 e. The van der Waals surface area contributed by atoms with E-state index in [2.05, 4.69) is 54.2 Å². The Hall–Kier alpha value is -2.35. The van der Waals surface area contributed by atoms with Crippen LogP contribution >= 0.6 is 22.6 Å². The van der Waals surface area contributed by atoms with Crippen molar-refractivity contribution < 1.29 is 19.7 Å². The SMILES string of the molecule is O=C1NCC[C@@]12O[C@@H](n1cnc3c(NCc4cccc(I)c4)ncnc31)[C@H](O)[C@@H]2O. The minimum absolute atomic E-state index is 0.283. The van der Waals surface area contributed by atoms with Gasteiger partial charge in [0.1, 0.15) is 18.5 Å². The van der Waals surface area contributed by atoms with Gasteiger partial charge in [-0.1, -0.05) is 12.1 Å². The van der Waals surface area contributed by atoms with Crippen LogP contribution < -0.4 is 10.6 Å². The van der Waals surface area contributed by atoms with Crippen LogP contribution in [0.5, 0.6) is 0 Å². The van der Waals surface area contributed by atoms with Gasteiger partial charge in [0.15, 0.2) is 28.8 Å². The number of aliphatic hydroxyl groups excluding tert-OH is 2. The molecule has 156 valence electrons. The molecule has 0 aliphatic carbocycles. The van der Waals surface area contributed by atoms with E-state index in [1.807, 2.05) is 18.2 Å². The van der Waals surface area contributed by atoms with E-state index in [9.17, 15) is 15.0 Å². The van der Waals surface area contributed by atoms with Crippen molar-refractivity contribution in [2.24, 2.45) is 0 Å². The van der Waals surface area contributed by atoms with Crippen LogP contribution in [0.1, 0.15) is 18.2 Å². The fourth-order valence-corrected chi connectivity index (χ4v) is 4.64. The normalized spacial score (nSPS) is 28.4. The minimum Gasteiger partial charge on any atom is -0.387 e. The number of aliphatic hydroxyl groups is 2. The van der Waals surface area contributed by atoms with Gasteiger partial charge >= 0.3 is 0 Å². The fraction of sp³-hybridized carbons (Fsp3) is 0.368. The molecule has 4 atom stereocenters. The summed E-state index contributed by atoms with van der Waals surface area (Å²) < 4.78 is 8.58. The summed E-state index contributed by atoms with van der Waals surface area (Å²) in [4.78, 5) is 25.2. The Bertz CT molecular complexity index is 1120. The number of carbonyl (C=O) groups is 1. The van der Waals surface area contributed by atoms with E-state index in [-0.39, 0.29) is 6.42 Å². The Labute approximate surface area is 184 Å². The third-order valence-corrected chi connectivity index (χ3v) is 6.24. The lowest BCUT2D eigenvalue weighted by Crippen LogP contribution is -2.48. The molecule has 1 amide bonds. The first-order chi connectivity index (χ1) is 14.5. The number of fused-ring (bicyclic) bond motifs is 1. The molecule has 5 rings (SSSR count). The van der Waals surface area contributed by atoms with Crippen molar-refractivity contribution in [3.05, 3.63) is 46.1 Å². The molecule has 1 aromatic carbocycles. The summed E-state index contributed by atoms with van der Waals surface area (Å²) in [6, 6.07) is 8.10. The lowest BCUT2D eigenvalue weighted by atomic mass is 9.94. The summed E-state index contributed by atoms with van der Waals surface area (Å²) in [5, 5.41) is 27.1. The standard InChI is InChI=1S/C19H19IN6O4/c20-11-3-1-2-10(6-11)7-22-15-12-16(24-8-23-15)26(9-25-12)17-13(27)14(28)19(30-17)4-5-21-18(19)29/h1-3,6,8-9,13-14,17,27-28H,4-5,7H2,(H,21,29)(H,22,23,24)/t13-,14+,17-,19+/m1/s1. The Morgan fingerprint density at radius 3 is 2.97 bits per heavy atom. The van der Waals surface area contributed by atoms with Gasteiger partial charge in [-0.05, 0) is 40.3 Å². The maximum Gasteiger partial charge on any atom is 0.255 e. The van der Waals surface area contributed by atoms with E-state index < -0.39 is 29.9 Å². The number of amides is 1. The zero-order valence-electron chi connectivity index (χ0n) is 15.7. The van der Waals surface area contributed by atoms with Crippen molar-refractivity contribution in [1.82, 2.24) is 24.8 Å². The number of hydrogen-bond donors (Lipinski definition) is 4. The Kier molecular flexibility index (Phi) is 4.84. The number of ether oxygens (including phenoxy) is 1. The minimum atomic E-state index is -1.46. The highest BCUT2D eigenvalue weighted by molar-refractivity contribution is 14.1. The molecule has 10 nitrogen and oxygen atoms in total. The van der Waals surface area contributed by atoms with Crippen LogP contribution in [0.25, 0.3) is 11.2 Å². The molecule has 0 bridgehead atoms. The number of imidazole rings is 1. The summed E-state index contributed by atoms with van der Waals surface area (Å²) in [6.07, 6.45) is -0.487. The van der Waals surface area contributed by atoms with Gasteiger partial charge in [0.05, 0.1) is 6.33 Å². The molecule has 0 radical (unpaired) electrons. The molecule has 2 aliphatic rings. The van der Waals surface area contributed by atoms with Crippen LogP contribution in [0.15, 0.2) is 36.9 Å². The second-order valence-corrected chi connectivity index (χ2v) is 8.61. The molecule has 0 saturated carbocycles. The Morgan fingerprint density at radius 2 is 2.20 bits per heavy atom. The number of nitrogens with zero attached hydrogens (tertiary/aromatic N) is 4. The number of nitrogens with one attached hydrogen (secondary N) is 2. The van der Waals surface area contributed by atoms with Gasteiger partial charge in [0.2, 0.25) is 0 Å². The fourth-order valence-electron chi connectivity index (χ4n) is 4.03. The first-order valence-corrected chi connectivity index (χ1v) is 10.6. The highest BCUT2D eigenvalue weighted by Gasteiger charge is 2.61. The maximum atomic E-state index is 12.3. The van der Waals surface area contributed by atoms with E-state index >= 15 is 0 Å². The van der Waals surface area contributed by atoms with Crippen LogP contribution in [-0.4, -0.2) is 60.0 Å². The molecule has 3 aromatic rings. The van der Waals surface area contributed by atoms with Crippen molar-refractivity contribution in [3.8, 4) is 0 Å². The summed E-state index contributed by atoms with van der Waals surface area (Å²) in [5.74, 6) is 0.120. The quantitative estimate of drug-likeness (QED) is 0.365. The first kappa shape index (κ1) is 19.6. The predicted molar refractivity (Wildman–Crippen MR) is 114 cm³/mol. The predicted octanol–water partition coefficient (Wildman–Crippen LogP) is 0.552. The molecule has 2 aliphatic heterocycles. The van der Waals surface area contributed by atoms with E-state index in [1.54, 1.807) is 0 Å². The summed E-state index contributed by atoms with van der Waals surface area (Å²) in [5.41, 5.74) is 0.575. The largest absolute Gasteiger partial charge is 0.387 e. The number of anilines is 1. The number of halogens is 1. The van der Waals surface area contributed by atoms with Gasteiger partial charge in [-0.25, -0.2) is 15.0 Å². The second-order valence-electron chi connectivity index (χ2n) is 7.37. The molecule has 1 spiro atoms. The highest BCUT2D eigenvalue weighted by Crippen LogP contribution is 2.42. The van der Waals surface area contributed by atoms with Crippen LogP contribution in [-0.2, 0) is 16.1 Å². The van der Waals surface area contributed by atoms with Crippen LogP contribution in [0.2, 0.25) is 0 Å². The molecular formula is C19H19IN6O4. The molecule has 11 heteroatoms. The third-order valence-electron chi connectivity index (χ3n) is 5.57. The van der Waals surface area contributed by atoms with Gasteiger partial charge in [0, 0.05) is 23.1 Å².